The molecular formula is C36H64O4. The van der Waals surface area contributed by atoms with Gasteiger partial charge in [0.1, 0.15) is 12.1 Å². The van der Waals surface area contributed by atoms with Gasteiger partial charge in [0.15, 0.2) is 0 Å². The summed E-state index contributed by atoms with van der Waals surface area (Å²) in [5.41, 5.74) is 0. The lowest BCUT2D eigenvalue weighted by atomic mass is 9.88. The summed E-state index contributed by atoms with van der Waals surface area (Å²) in [6.07, 6.45) is 39.1. The molecule has 0 amide bonds. The number of allylic oxidation sites excluding steroid dienone is 4. The first-order chi connectivity index (χ1) is 19.6. The summed E-state index contributed by atoms with van der Waals surface area (Å²) in [4.78, 5) is 34.1. The molecule has 1 unspecified atom stereocenters. The predicted octanol–water partition coefficient (Wildman–Crippen LogP) is 11.1. The molecule has 0 saturated heterocycles. The van der Waals surface area contributed by atoms with Crippen LogP contribution in [0.3, 0.4) is 0 Å². The molecule has 0 aliphatic heterocycles. The third-order valence-electron chi connectivity index (χ3n) is 7.90. The van der Waals surface area contributed by atoms with Gasteiger partial charge in [0, 0.05) is 25.2 Å². The molecule has 4 nitrogen and oxygen atoms in total. The molecule has 0 aromatic heterocycles. The Balaban J connectivity index is 3.97. The van der Waals surface area contributed by atoms with Crippen molar-refractivity contribution in [3.63, 3.8) is 0 Å². The first kappa shape index (κ1) is 38.3. The summed E-state index contributed by atoms with van der Waals surface area (Å²) in [6.45, 7) is 2.25. The number of carbonyl (C=O) groups is 3. The number of aldehydes is 1. The fourth-order valence-electron chi connectivity index (χ4n) is 5.30. The van der Waals surface area contributed by atoms with Crippen LogP contribution in [0.5, 0.6) is 0 Å². The molecule has 0 rings (SSSR count). The highest BCUT2D eigenvalue weighted by atomic mass is 16.4. The molecule has 0 aliphatic rings. The van der Waals surface area contributed by atoms with Crippen molar-refractivity contribution in [2.45, 2.75) is 180 Å². The molecule has 0 heterocycles. The Labute approximate surface area is 247 Å². The number of carboxylic acid groups (broad SMARTS) is 1. The molecule has 0 aliphatic carbocycles. The maximum Gasteiger partial charge on any atom is 0.303 e. The van der Waals surface area contributed by atoms with Crippen LogP contribution in [0, 0.1) is 5.92 Å². The van der Waals surface area contributed by atoms with Crippen molar-refractivity contribution < 1.29 is 19.5 Å². The average molecular weight is 561 g/mol. The third-order valence-corrected chi connectivity index (χ3v) is 7.90. The SMILES string of the molecule is CCCCC/C=C\C/C=C\CCCCCCCC(=O)C(CCCCCC=O)CCCCCCCCCCC(=O)O. The van der Waals surface area contributed by atoms with E-state index < -0.39 is 5.97 Å². The number of aliphatic carboxylic acids is 1. The highest BCUT2D eigenvalue weighted by molar-refractivity contribution is 5.80. The zero-order valence-corrected chi connectivity index (χ0v) is 26.2. The fourth-order valence-corrected chi connectivity index (χ4v) is 5.30. The minimum atomic E-state index is -0.691. The summed E-state index contributed by atoms with van der Waals surface area (Å²) < 4.78 is 0. The van der Waals surface area contributed by atoms with E-state index in [1.807, 2.05) is 0 Å². The van der Waals surface area contributed by atoms with Crippen molar-refractivity contribution in [2.75, 3.05) is 0 Å². The molecule has 0 fully saturated rings. The van der Waals surface area contributed by atoms with Gasteiger partial charge in [-0.15, -0.1) is 0 Å². The van der Waals surface area contributed by atoms with E-state index in [1.54, 1.807) is 0 Å². The normalized spacial score (nSPS) is 12.4. The van der Waals surface area contributed by atoms with E-state index in [1.165, 1.54) is 77.0 Å². The maximum atomic E-state index is 13.0. The Kier molecular flexibility index (Phi) is 30.5. The van der Waals surface area contributed by atoms with Gasteiger partial charge in [-0.05, 0) is 64.2 Å². The lowest BCUT2D eigenvalue weighted by Crippen LogP contribution is -2.14. The van der Waals surface area contributed by atoms with Gasteiger partial charge in [0.25, 0.3) is 0 Å². The molecule has 40 heavy (non-hydrogen) atoms. The summed E-state index contributed by atoms with van der Waals surface area (Å²) >= 11 is 0. The molecular weight excluding hydrogens is 496 g/mol. The Morgan fingerprint density at radius 3 is 1.55 bits per heavy atom. The quantitative estimate of drug-likeness (QED) is 0.0504. The lowest BCUT2D eigenvalue weighted by Gasteiger charge is -2.16. The molecule has 232 valence electrons. The third kappa shape index (κ3) is 29.3. The average Bonchev–Trinajstić information content (AvgIpc) is 2.94. The van der Waals surface area contributed by atoms with Crippen molar-refractivity contribution >= 4 is 18.0 Å². The van der Waals surface area contributed by atoms with Crippen molar-refractivity contribution in [1.29, 1.82) is 0 Å². The molecule has 0 spiro atoms. The van der Waals surface area contributed by atoms with Crippen molar-refractivity contribution in [2.24, 2.45) is 5.92 Å². The number of Topliss-reactive ketones (excluding diaryl/α,β-unsaturated/α-hetero) is 1. The van der Waals surface area contributed by atoms with Crippen molar-refractivity contribution in [1.82, 2.24) is 0 Å². The van der Waals surface area contributed by atoms with Crippen LogP contribution in [0.15, 0.2) is 24.3 Å². The molecule has 4 heteroatoms. The van der Waals surface area contributed by atoms with Crippen LogP contribution in [0.1, 0.15) is 180 Å². The monoisotopic (exact) mass is 560 g/mol. The van der Waals surface area contributed by atoms with Crippen LogP contribution >= 0.6 is 0 Å². The van der Waals surface area contributed by atoms with Gasteiger partial charge in [0.05, 0.1) is 0 Å². The minimum absolute atomic E-state index is 0.207. The first-order valence-corrected chi connectivity index (χ1v) is 17.1. The highest BCUT2D eigenvalue weighted by Gasteiger charge is 2.17. The van der Waals surface area contributed by atoms with Crippen LogP contribution in [0.2, 0.25) is 0 Å². The van der Waals surface area contributed by atoms with E-state index in [0.29, 0.717) is 18.6 Å². The second-order valence-corrected chi connectivity index (χ2v) is 11.7. The van der Waals surface area contributed by atoms with Gasteiger partial charge >= 0.3 is 5.97 Å². The zero-order chi connectivity index (χ0) is 29.4. The summed E-state index contributed by atoms with van der Waals surface area (Å²) in [6, 6.07) is 0. The number of hydrogen-bond donors (Lipinski definition) is 1. The van der Waals surface area contributed by atoms with Crippen LogP contribution in [-0.2, 0) is 14.4 Å². The molecule has 0 bridgehead atoms. The van der Waals surface area contributed by atoms with E-state index in [9.17, 15) is 14.4 Å². The standard InChI is InChI=1S/C36H64O4/c1-2-3-4-5-6-7-8-9-10-11-12-13-17-20-26-31-35(38)34(30-25-22-23-28-33-37)29-24-19-16-14-15-18-21-27-32-36(39)40/h6-7,9-10,33-34H,2-5,8,11-32H2,1H3,(H,39,40)/b7-6-,10-9-. The fraction of sp³-hybridized carbons (Fsp3) is 0.806. The number of hydrogen-bond acceptors (Lipinski definition) is 3. The second kappa shape index (κ2) is 31.8. The van der Waals surface area contributed by atoms with Crippen LogP contribution < -0.4 is 0 Å². The number of carboxylic acids is 1. The topological polar surface area (TPSA) is 71.4 Å². The summed E-state index contributed by atoms with van der Waals surface area (Å²) in [7, 11) is 0. The van der Waals surface area contributed by atoms with Gasteiger partial charge in [0.2, 0.25) is 0 Å². The molecule has 0 aromatic rings. The number of rotatable bonds is 32. The van der Waals surface area contributed by atoms with Crippen molar-refractivity contribution in [3.8, 4) is 0 Å². The molecule has 1 N–H and O–H groups in total. The molecule has 0 aromatic carbocycles. The highest BCUT2D eigenvalue weighted by Crippen LogP contribution is 2.22. The Bertz CT molecular complexity index is 637. The molecule has 0 saturated carbocycles. The number of unbranched alkanes of at least 4 members (excludes halogenated alkanes) is 18. The smallest absolute Gasteiger partial charge is 0.303 e. The van der Waals surface area contributed by atoms with Gasteiger partial charge in [-0.1, -0.05) is 121 Å². The van der Waals surface area contributed by atoms with E-state index in [0.717, 1.165) is 89.8 Å². The van der Waals surface area contributed by atoms with E-state index in [4.69, 9.17) is 5.11 Å². The Morgan fingerprint density at radius 2 is 1.00 bits per heavy atom. The minimum Gasteiger partial charge on any atom is -0.481 e. The van der Waals surface area contributed by atoms with Gasteiger partial charge in [-0.3, -0.25) is 9.59 Å². The van der Waals surface area contributed by atoms with E-state index in [-0.39, 0.29) is 5.92 Å². The second-order valence-electron chi connectivity index (χ2n) is 11.7. The zero-order valence-electron chi connectivity index (χ0n) is 26.2. The summed E-state index contributed by atoms with van der Waals surface area (Å²) in [5.74, 6) is -0.0131. The maximum absolute atomic E-state index is 13.0. The summed E-state index contributed by atoms with van der Waals surface area (Å²) in [5, 5.41) is 8.70. The molecule has 1 atom stereocenters. The van der Waals surface area contributed by atoms with Gasteiger partial charge in [-0.2, -0.15) is 0 Å². The molecule has 0 radical (unpaired) electrons. The largest absolute Gasteiger partial charge is 0.481 e. The predicted molar refractivity (Wildman–Crippen MR) is 171 cm³/mol. The van der Waals surface area contributed by atoms with Crippen LogP contribution in [0.25, 0.3) is 0 Å². The van der Waals surface area contributed by atoms with Crippen LogP contribution in [0.4, 0.5) is 0 Å². The van der Waals surface area contributed by atoms with E-state index in [2.05, 4.69) is 31.2 Å². The number of ketones is 1. The van der Waals surface area contributed by atoms with Gasteiger partial charge in [-0.25, -0.2) is 0 Å². The Hall–Kier alpha value is -1.71. The first-order valence-electron chi connectivity index (χ1n) is 17.1. The Morgan fingerprint density at radius 1 is 0.550 bits per heavy atom. The number of carbonyl (C=O) groups excluding carboxylic acids is 2. The van der Waals surface area contributed by atoms with Gasteiger partial charge < -0.3 is 9.90 Å². The van der Waals surface area contributed by atoms with Crippen LogP contribution in [-0.4, -0.2) is 23.1 Å². The lowest BCUT2D eigenvalue weighted by molar-refractivity contribution is -0.137. The van der Waals surface area contributed by atoms with Crippen molar-refractivity contribution in [3.05, 3.63) is 24.3 Å². The van der Waals surface area contributed by atoms with E-state index >= 15 is 0 Å².